The number of piperidine rings is 1. The number of carbonyl (C=O) groups is 3. The zero-order valence-corrected chi connectivity index (χ0v) is 15.9. The molecule has 0 spiro atoms. The van der Waals surface area contributed by atoms with Crippen molar-refractivity contribution in [3.05, 3.63) is 46.5 Å². The van der Waals surface area contributed by atoms with Gasteiger partial charge in [0.05, 0.1) is 12.2 Å². The highest BCUT2D eigenvalue weighted by molar-refractivity contribution is 8.02. The van der Waals surface area contributed by atoms with Crippen molar-refractivity contribution < 1.29 is 14.4 Å². The largest absolute Gasteiger partial charge is 0.338 e. The van der Waals surface area contributed by atoms with Crippen molar-refractivity contribution in [3.63, 3.8) is 0 Å². The van der Waals surface area contributed by atoms with E-state index in [-0.39, 0.29) is 18.4 Å². The number of nitrogens with zero attached hydrogens (tertiary/aromatic N) is 2. The molecule has 1 unspecified atom stereocenters. The van der Waals surface area contributed by atoms with Crippen LogP contribution in [0.15, 0.2) is 40.9 Å². The Morgan fingerprint density at radius 3 is 2.59 bits per heavy atom. The third kappa shape index (κ3) is 3.46. The fourth-order valence-electron chi connectivity index (χ4n) is 3.53. The van der Waals surface area contributed by atoms with Crippen molar-refractivity contribution in [1.82, 2.24) is 19.8 Å². The summed E-state index contributed by atoms with van der Waals surface area (Å²) in [5.41, 5.74) is 1.26. The van der Waals surface area contributed by atoms with Crippen LogP contribution < -0.4 is 10.0 Å². The maximum Gasteiger partial charge on any atom is 0.328 e. The van der Waals surface area contributed by atoms with Gasteiger partial charge in [0, 0.05) is 13.1 Å². The lowest BCUT2D eigenvalue weighted by Gasteiger charge is -2.32. The Kier molecular flexibility index (Phi) is 4.92. The van der Waals surface area contributed by atoms with E-state index in [1.807, 2.05) is 35.2 Å². The Labute approximate surface area is 162 Å². The third-order valence-electron chi connectivity index (χ3n) is 5.26. The predicted molar refractivity (Wildman–Crippen MR) is 102 cm³/mol. The predicted octanol–water partition coefficient (Wildman–Crippen LogP) is 1.83. The summed E-state index contributed by atoms with van der Waals surface area (Å²) < 4.78 is 3.01. The molecule has 8 heteroatoms. The molecule has 1 aromatic carbocycles. The Morgan fingerprint density at radius 2 is 1.89 bits per heavy atom. The average molecular weight is 386 g/mol. The molecule has 2 N–H and O–H groups in total. The van der Waals surface area contributed by atoms with Gasteiger partial charge in [-0.25, -0.2) is 9.52 Å². The van der Waals surface area contributed by atoms with Crippen LogP contribution in [0.25, 0.3) is 0 Å². The molecule has 1 aromatic rings. The number of amides is 4. The molecule has 1 atom stereocenters. The maximum atomic E-state index is 12.9. The number of likely N-dealkylation sites (tertiary alicyclic amines) is 1. The summed E-state index contributed by atoms with van der Waals surface area (Å²) in [5.74, 6) is 0.179. The zero-order valence-electron chi connectivity index (χ0n) is 15.1. The highest BCUT2D eigenvalue weighted by atomic mass is 32.2. The molecule has 7 nitrogen and oxygen atoms in total. The zero-order chi connectivity index (χ0) is 19.0. The fraction of sp³-hybridized carbons (Fsp3) is 0.421. The Bertz CT molecular complexity index is 802. The molecule has 0 bridgehead atoms. The van der Waals surface area contributed by atoms with E-state index in [1.54, 1.807) is 0 Å². The van der Waals surface area contributed by atoms with Crippen LogP contribution in [0, 0.1) is 5.92 Å². The summed E-state index contributed by atoms with van der Waals surface area (Å²) in [6, 6.07) is 8.18. The maximum absolute atomic E-state index is 12.9. The summed E-state index contributed by atoms with van der Waals surface area (Å²) in [4.78, 5) is 41.7. The van der Waals surface area contributed by atoms with Crippen molar-refractivity contribution in [2.24, 2.45) is 5.92 Å². The minimum Gasteiger partial charge on any atom is -0.338 e. The number of benzene rings is 1. The number of carbonyl (C=O) groups excluding carboxylic acids is 3. The standard InChI is InChI=1S/C19H22N4O3S/c1-12-7-9-22(10-8-12)18(25)16-14-15(21-27-16)17(24)23(19(26)20-14)11-13-5-3-2-4-6-13/h2-6,12,15,21H,7-11H2,1H3,(H,20,26). The second-order valence-electron chi connectivity index (χ2n) is 7.21. The van der Waals surface area contributed by atoms with Crippen LogP contribution >= 0.6 is 11.9 Å². The SMILES string of the molecule is CC1CCN(C(=O)C2=C3NC(=O)N(Cc4ccccc4)C(=O)C3NS2)CC1. The van der Waals surface area contributed by atoms with Gasteiger partial charge in [0.1, 0.15) is 10.9 Å². The molecule has 4 amide bonds. The number of rotatable bonds is 3. The van der Waals surface area contributed by atoms with Crippen molar-refractivity contribution in [2.75, 3.05) is 13.1 Å². The minimum absolute atomic E-state index is 0.110. The molecule has 27 heavy (non-hydrogen) atoms. The van der Waals surface area contributed by atoms with Gasteiger partial charge in [-0.15, -0.1) is 0 Å². The molecule has 2 fully saturated rings. The van der Waals surface area contributed by atoms with Crippen molar-refractivity contribution in [2.45, 2.75) is 32.4 Å². The van der Waals surface area contributed by atoms with Crippen molar-refractivity contribution >= 4 is 29.8 Å². The van der Waals surface area contributed by atoms with Gasteiger partial charge in [-0.2, -0.15) is 0 Å². The summed E-state index contributed by atoms with van der Waals surface area (Å²) in [6.45, 7) is 3.82. The van der Waals surface area contributed by atoms with Gasteiger partial charge in [-0.1, -0.05) is 37.3 Å². The van der Waals surface area contributed by atoms with Crippen LogP contribution in [0.4, 0.5) is 4.79 Å². The first-order valence-electron chi connectivity index (χ1n) is 9.16. The van der Waals surface area contributed by atoms with Crippen LogP contribution in [-0.2, 0) is 16.1 Å². The smallest absolute Gasteiger partial charge is 0.328 e. The van der Waals surface area contributed by atoms with Gasteiger partial charge in [0.2, 0.25) is 0 Å². The van der Waals surface area contributed by atoms with E-state index in [9.17, 15) is 14.4 Å². The fourth-order valence-corrected chi connectivity index (χ4v) is 4.48. The monoisotopic (exact) mass is 386 g/mol. The highest BCUT2D eigenvalue weighted by Gasteiger charge is 2.45. The van der Waals surface area contributed by atoms with E-state index >= 15 is 0 Å². The summed E-state index contributed by atoms with van der Waals surface area (Å²) in [6.07, 6.45) is 1.96. The van der Waals surface area contributed by atoms with Crippen LogP contribution in [0.2, 0.25) is 0 Å². The molecule has 0 saturated carbocycles. The lowest BCUT2D eigenvalue weighted by Crippen LogP contribution is -2.57. The average Bonchev–Trinajstić information content (AvgIpc) is 3.10. The van der Waals surface area contributed by atoms with E-state index in [1.165, 1.54) is 4.90 Å². The number of urea groups is 1. The third-order valence-corrected chi connectivity index (χ3v) is 6.21. The number of imide groups is 1. The quantitative estimate of drug-likeness (QED) is 0.775. The van der Waals surface area contributed by atoms with E-state index < -0.39 is 12.1 Å². The minimum atomic E-state index is -0.695. The summed E-state index contributed by atoms with van der Waals surface area (Å²) in [7, 11) is 0. The lowest BCUT2D eigenvalue weighted by atomic mass is 9.99. The Balaban J connectivity index is 1.52. The Hall–Kier alpha value is -2.32. The second kappa shape index (κ2) is 7.36. The molecule has 4 rings (SSSR count). The van der Waals surface area contributed by atoms with Gasteiger partial charge >= 0.3 is 6.03 Å². The summed E-state index contributed by atoms with van der Waals surface area (Å²) in [5, 5.41) is 2.77. The van der Waals surface area contributed by atoms with Gasteiger partial charge in [-0.3, -0.25) is 14.5 Å². The molecule has 2 saturated heterocycles. The number of hydrogen-bond acceptors (Lipinski definition) is 5. The van der Waals surface area contributed by atoms with Crippen molar-refractivity contribution in [1.29, 1.82) is 0 Å². The lowest BCUT2D eigenvalue weighted by molar-refractivity contribution is -0.130. The number of hydrogen-bond donors (Lipinski definition) is 2. The first-order chi connectivity index (χ1) is 13.0. The molecular formula is C19H22N4O3S. The van der Waals surface area contributed by atoms with Crippen LogP contribution in [0.3, 0.4) is 0 Å². The van der Waals surface area contributed by atoms with E-state index in [0.717, 1.165) is 30.4 Å². The number of fused-ring (bicyclic) bond motifs is 1. The molecule has 3 heterocycles. The Morgan fingerprint density at radius 1 is 1.19 bits per heavy atom. The molecule has 0 aromatic heterocycles. The van der Waals surface area contributed by atoms with Gasteiger partial charge < -0.3 is 10.2 Å². The molecule has 142 valence electrons. The van der Waals surface area contributed by atoms with E-state index in [4.69, 9.17) is 0 Å². The van der Waals surface area contributed by atoms with E-state index in [0.29, 0.717) is 29.6 Å². The molecule has 0 aliphatic carbocycles. The summed E-state index contributed by atoms with van der Waals surface area (Å²) >= 11 is 1.14. The second-order valence-corrected chi connectivity index (χ2v) is 8.06. The van der Waals surface area contributed by atoms with Gasteiger partial charge in [0.15, 0.2) is 0 Å². The first kappa shape index (κ1) is 18.1. The normalized spacial score (nSPS) is 23.5. The van der Waals surface area contributed by atoms with E-state index in [2.05, 4.69) is 17.0 Å². The highest BCUT2D eigenvalue weighted by Crippen LogP contribution is 2.33. The molecular weight excluding hydrogens is 364 g/mol. The van der Waals surface area contributed by atoms with Crippen molar-refractivity contribution in [3.8, 4) is 0 Å². The number of nitrogens with one attached hydrogen (secondary N) is 2. The molecule has 3 aliphatic rings. The van der Waals surface area contributed by atoms with Crippen LogP contribution in [0.5, 0.6) is 0 Å². The topological polar surface area (TPSA) is 81.8 Å². The first-order valence-corrected chi connectivity index (χ1v) is 9.98. The molecule has 3 aliphatic heterocycles. The van der Waals surface area contributed by atoms with Crippen LogP contribution in [-0.4, -0.2) is 46.8 Å². The van der Waals surface area contributed by atoms with Crippen LogP contribution in [0.1, 0.15) is 25.3 Å². The molecule has 0 radical (unpaired) electrons. The van der Waals surface area contributed by atoms with Gasteiger partial charge in [0.25, 0.3) is 11.8 Å². The van der Waals surface area contributed by atoms with Gasteiger partial charge in [-0.05, 0) is 36.3 Å².